The number of anilines is 1. The number of carbonyl (C=O) groups excluding carboxylic acids is 1. The molecule has 0 fully saturated rings. The van der Waals surface area contributed by atoms with Gasteiger partial charge in [0, 0.05) is 18.1 Å². The van der Waals surface area contributed by atoms with E-state index in [1.165, 1.54) is 0 Å². The van der Waals surface area contributed by atoms with Crippen molar-refractivity contribution in [1.82, 2.24) is 9.55 Å². The number of aromatic nitrogens is 2. The highest BCUT2D eigenvalue weighted by Gasteiger charge is 2.13. The number of ether oxygens (including phenoxy) is 1. The van der Waals surface area contributed by atoms with Gasteiger partial charge in [0.05, 0.1) is 11.4 Å². The number of nitrogens with zero attached hydrogens (tertiary/aromatic N) is 2. The lowest BCUT2D eigenvalue weighted by atomic mass is 10.4. The third-order valence-corrected chi connectivity index (χ3v) is 3.68. The van der Waals surface area contributed by atoms with E-state index < -0.39 is 0 Å². The minimum Gasteiger partial charge on any atom is -0.454 e. The second-order valence-electron chi connectivity index (χ2n) is 4.09. The van der Waals surface area contributed by atoms with Crippen LogP contribution in [0.4, 0.5) is 5.69 Å². The van der Waals surface area contributed by atoms with Crippen molar-refractivity contribution in [3.8, 4) is 0 Å². The highest BCUT2D eigenvalue weighted by molar-refractivity contribution is 7.11. The Morgan fingerprint density at radius 1 is 1.56 bits per heavy atom. The van der Waals surface area contributed by atoms with E-state index >= 15 is 0 Å². The van der Waals surface area contributed by atoms with Gasteiger partial charge < -0.3 is 15.0 Å². The number of hydrogen-bond acceptors (Lipinski definition) is 5. The zero-order valence-electron chi connectivity index (χ0n) is 10.6. The Balaban J connectivity index is 2.02. The summed E-state index contributed by atoms with van der Waals surface area (Å²) < 4.78 is 6.86. The number of hydrogen-bond donors (Lipinski definition) is 1. The fourth-order valence-electron chi connectivity index (χ4n) is 1.60. The second-order valence-corrected chi connectivity index (χ2v) is 5.38. The average molecular weight is 265 g/mol. The first-order chi connectivity index (χ1) is 8.47. The molecule has 0 saturated carbocycles. The molecule has 0 aliphatic rings. The maximum atomic E-state index is 11.8. The molecule has 6 heteroatoms. The first-order valence-corrected chi connectivity index (χ1v) is 6.31. The molecule has 0 amide bonds. The van der Waals surface area contributed by atoms with Crippen molar-refractivity contribution in [2.75, 3.05) is 5.73 Å². The van der Waals surface area contributed by atoms with Crippen molar-refractivity contribution in [2.45, 2.75) is 20.5 Å². The van der Waals surface area contributed by atoms with E-state index in [1.807, 2.05) is 13.8 Å². The van der Waals surface area contributed by atoms with Crippen LogP contribution in [0.5, 0.6) is 0 Å². The van der Waals surface area contributed by atoms with Crippen LogP contribution in [0.25, 0.3) is 0 Å². The molecule has 0 spiro atoms. The smallest absolute Gasteiger partial charge is 0.355 e. The summed E-state index contributed by atoms with van der Waals surface area (Å²) in [5.74, 6) is -0.389. The number of esters is 1. The molecule has 2 N–H and O–H groups in total. The van der Waals surface area contributed by atoms with Crippen LogP contribution in [0.15, 0.2) is 12.3 Å². The van der Waals surface area contributed by atoms with Crippen LogP contribution in [0.2, 0.25) is 0 Å². The molecular weight excluding hydrogens is 250 g/mol. The highest BCUT2D eigenvalue weighted by atomic mass is 32.1. The van der Waals surface area contributed by atoms with Crippen LogP contribution >= 0.6 is 11.3 Å². The predicted octanol–water partition coefficient (Wildman–Crippen LogP) is 2.04. The first-order valence-electron chi connectivity index (χ1n) is 5.49. The third-order valence-electron chi connectivity index (χ3n) is 2.63. The van der Waals surface area contributed by atoms with Crippen LogP contribution < -0.4 is 5.73 Å². The van der Waals surface area contributed by atoms with E-state index in [-0.39, 0.29) is 12.6 Å². The Morgan fingerprint density at radius 2 is 2.28 bits per heavy atom. The maximum absolute atomic E-state index is 11.8. The van der Waals surface area contributed by atoms with Crippen LogP contribution in [-0.4, -0.2) is 15.5 Å². The molecule has 0 saturated heterocycles. The molecule has 2 heterocycles. The Labute approximate surface area is 109 Å². The summed E-state index contributed by atoms with van der Waals surface area (Å²) in [7, 11) is 1.75. The van der Waals surface area contributed by atoms with Gasteiger partial charge in [-0.15, -0.1) is 11.3 Å². The van der Waals surface area contributed by atoms with E-state index in [0.29, 0.717) is 11.4 Å². The highest BCUT2D eigenvalue weighted by Crippen LogP contribution is 2.18. The minimum atomic E-state index is -0.389. The monoisotopic (exact) mass is 265 g/mol. The van der Waals surface area contributed by atoms with Gasteiger partial charge >= 0.3 is 5.97 Å². The van der Waals surface area contributed by atoms with Crippen molar-refractivity contribution >= 4 is 23.0 Å². The topological polar surface area (TPSA) is 70.1 Å². The second kappa shape index (κ2) is 4.81. The largest absolute Gasteiger partial charge is 0.454 e. The Hall–Kier alpha value is -1.82. The van der Waals surface area contributed by atoms with Crippen molar-refractivity contribution in [1.29, 1.82) is 0 Å². The van der Waals surface area contributed by atoms with E-state index in [1.54, 1.807) is 35.2 Å². The van der Waals surface area contributed by atoms with Gasteiger partial charge in [-0.3, -0.25) is 0 Å². The van der Waals surface area contributed by atoms with Gasteiger partial charge in [0.1, 0.15) is 17.3 Å². The average Bonchev–Trinajstić information content (AvgIpc) is 2.79. The quantitative estimate of drug-likeness (QED) is 0.862. The Kier molecular flexibility index (Phi) is 3.38. The molecule has 2 aromatic rings. The molecule has 5 nitrogen and oxygen atoms in total. The molecule has 0 bridgehead atoms. The lowest BCUT2D eigenvalue weighted by Crippen LogP contribution is -2.09. The normalized spacial score (nSPS) is 10.6. The summed E-state index contributed by atoms with van der Waals surface area (Å²) in [6.45, 7) is 4.13. The van der Waals surface area contributed by atoms with E-state index in [4.69, 9.17) is 10.5 Å². The molecule has 0 aliphatic carbocycles. The molecule has 96 valence electrons. The van der Waals surface area contributed by atoms with Crippen molar-refractivity contribution in [2.24, 2.45) is 7.05 Å². The van der Waals surface area contributed by atoms with Crippen molar-refractivity contribution in [3.63, 3.8) is 0 Å². The number of nitrogens with two attached hydrogens (primary N) is 1. The summed E-state index contributed by atoms with van der Waals surface area (Å²) >= 11 is 1.54. The van der Waals surface area contributed by atoms with Crippen molar-refractivity contribution < 1.29 is 9.53 Å². The van der Waals surface area contributed by atoms with E-state index in [9.17, 15) is 4.79 Å². The summed E-state index contributed by atoms with van der Waals surface area (Å²) in [5.41, 5.74) is 7.58. The molecule has 2 rings (SSSR count). The van der Waals surface area contributed by atoms with Gasteiger partial charge in [-0.05, 0) is 19.9 Å². The van der Waals surface area contributed by atoms with Gasteiger partial charge in [-0.25, -0.2) is 9.78 Å². The first kappa shape index (κ1) is 12.6. The third kappa shape index (κ3) is 2.53. The Morgan fingerprint density at radius 3 is 2.78 bits per heavy atom. The standard InChI is InChI=1S/C12H15N3O2S/c1-7-8(2)18-11(14-7)6-17-12(16)10-4-9(13)5-15(10)3/h4-5H,6,13H2,1-3H3. The summed E-state index contributed by atoms with van der Waals surface area (Å²) in [4.78, 5) is 17.3. The van der Waals surface area contributed by atoms with Gasteiger partial charge in [0.2, 0.25) is 0 Å². The van der Waals surface area contributed by atoms with Gasteiger partial charge in [0.15, 0.2) is 0 Å². The van der Waals surface area contributed by atoms with E-state index in [2.05, 4.69) is 4.98 Å². The summed E-state index contributed by atoms with van der Waals surface area (Å²) in [6.07, 6.45) is 1.67. The van der Waals surface area contributed by atoms with Crippen LogP contribution in [0.3, 0.4) is 0 Å². The zero-order chi connectivity index (χ0) is 13.3. The van der Waals surface area contributed by atoms with Gasteiger partial charge in [-0.2, -0.15) is 0 Å². The van der Waals surface area contributed by atoms with Crippen molar-refractivity contribution in [3.05, 3.63) is 33.5 Å². The van der Waals surface area contributed by atoms with Crippen LogP contribution in [-0.2, 0) is 18.4 Å². The SMILES string of the molecule is Cc1nc(COC(=O)c2cc(N)cn2C)sc1C. The lowest BCUT2D eigenvalue weighted by molar-refractivity contribution is 0.0461. The summed E-state index contributed by atoms with van der Waals surface area (Å²) in [5, 5.41) is 0.806. The van der Waals surface area contributed by atoms with Gasteiger partial charge in [0.25, 0.3) is 0 Å². The molecular formula is C12H15N3O2S. The van der Waals surface area contributed by atoms with Crippen LogP contribution in [0, 0.1) is 13.8 Å². The number of thiazole rings is 1. The number of carbonyl (C=O) groups is 1. The number of rotatable bonds is 3. The predicted molar refractivity (Wildman–Crippen MR) is 70.5 cm³/mol. The molecule has 0 radical (unpaired) electrons. The molecule has 0 unspecified atom stereocenters. The Bertz CT molecular complexity index is 567. The number of aryl methyl sites for hydroxylation is 3. The minimum absolute atomic E-state index is 0.198. The fraction of sp³-hybridized carbons (Fsp3) is 0.333. The zero-order valence-corrected chi connectivity index (χ0v) is 11.4. The van der Waals surface area contributed by atoms with Crippen LogP contribution in [0.1, 0.15) is 26.1 Å². The molecule has 0 aromatic carbocycles. The maximum Gasteiger partial charge on any atom is 0.355 e. The van der Waals surface area contributed by atoms with Gasteiger partial charge in [-0.1, -0.05) is 0 Å². The van der Waals surface area contributed by atoms with E-state index in [0.717, 1.165) is 15.6 Å². The summed E-state index contributed by atoms with van der Waals surface area (Å²) in [6, 6.07) is 1.60. The fourth-order valence-corrected chi connectivity index (χ4v) is 2.44. The molecule has 0 aliphatic heterocycles. The lowest BCUT2D eigenvalue weighted by Gasteiger charge is -2.03. The molecule has 2 aromatic heterocycles. The number of nitrogen functional groups attached to an aromatic ring is 1. The molecule has 18 heavy (non-hydrogen) atoms. The molecule has 0 atom stereocenters.